The number of carbonyl (C=O) groups excluding carboxylic acids is 3. The van der Waals surface area contributed by atoms with Crippen molar-refractivity contribution in [1.29, 1.82) is 0 Å². The fourth-order valence-corrected chi connectivity index (χ4v) is 8.11. The quantitative estimate of drug-likeness (QED) is 0.134. The number of nitrogens with one attached hydrogen (secondary N) is 1. The maximum absolute atomic E-state index is 14.4. The van der Waals surface area contributed by atoms with E-state index in [1.807, 2.05) is 36.4 Å². The van der Waals surface area contributed by atoms with Crippen LogP contribution in [0, 0.1) is 17.7 Å². The Morgan fingerprint density at radius 1 is 1.06 bits per heavy atom. The van der Waals surface area contributed by atoms with Gasteiger partial charge in [0.15, 0.2) is 11.3 Å². The lowest BCUT2D eigenvalue weighted by Crippen LogP contribution is -2.43. The molecule has 3 aliphatic rings. The molecule has 0 unspecified atom stereocenters. The van der Waals surface area contributed by atoms with E-state index in [1.165, 1.54) is 17.0 Å². The smallest absolute Gasteiger partial charge is 0.240 e. The molecule has 3 heterocycles. The minimum atomic E-state index is -3.50. The fourth-order valence-electron chi connectivity index (χ4n) is 6.75. The second-order valence-corrected chi connectivity index (χ2v) is 15.4. The van der Waals surface area contributed by atoms with E-state index < -0.39 is 45.1 Å². The van der Waals surface area contributed by atoms with Crippen LogP contribution in [-0.2, 0) is 24.4 Å². The molecule has 3 fully saturated rings. The topological polar surface area (TPSA) is 162 Å². The molecule has 4 aromatic rings. The molecule has 2 aromatic carbocycles. The van der Waals surface area contributed by atoms with Gasteiger partial charge in [-0.2, -0.15) is 0 Å². The number of rotatable bonds is 14. The van der Waals surface area contributed by atoms with Crippen molar-refractivity contribution in [3.8, 4) is 5.75 Å². The lowest BCUT2D eigenvalue weighted by molar-refractivity contribution is -0.137. The first-order chi connectivity index (χ1) is 23.6. The van der Waals surface area contributed by atoms with E-state index in [-0.39, 0.29) is 37.1 Å². The number of primary amides is 1. The van der Waals surface area contributed by atoms with Crippen LogP contribution in [0.4, 0.5) is 4.39 Å². The number of fused-ring (bicyclic) bond motifs is 4. The number of unbranched alkanes of at least 4 members (excludes halogenated alkanes) is 4. The summed E-state index contributed by atoms with van der Waals surface area (Å²) in [6, 6.07) is 10.9. The van der Waals surface area contributed by atoms with Gasteiger partial charge < -0.3 is 19.8 Å². The molecule has 7 rings (SSSR count). The Kier molecular flexibility index (Phi) is 9.03. The summed E-state index contributed by atoms with van der Waals surface area (Å²) in [5.74, 6) is -1.50. The summed E-state index contributed by atoms with van der Waals surface area (Å²) in [6.45, 7) is 0.158. The van der Waals surface area contributed by atoms with E-state index in [0.29, 0.717) is 59.0 Å². The van der Waals surface area contributed by atoms with Crippen LogP contribution in [0.2, 0.25) is 0 Å². The molecule has 13 heteroatoms. The van der Waals surface area contributed by atoms with Crippen LogP contribution in [0.3, 0.4) is 0 Å². The first-order valence-corrected chi connectivity index (χ1v) is 18.5. The Bertz CT molecular complexity index is 2080. The number of likely N-dealkylation sites (tertiary alicyclic amines) is 1. The summed E-state index contributed by atoms with van der Waals surface area (Å²) >= 11 is 0. The van der Waals surface area contributed by atoms with Gasteiger partial charge in [-0.1, -0.05) is 37.1 Å². The Labute approximate surface area is 283 Å². The summed E-state index contributed by atoms with van der Waals surface area (Å²) in [5, 5.41) is 0.818. The Morgan fingerprint density at radius 3 is 2.65 bits per heavy atom. The maximum atomic E-state index is 14.4. The third-order valence-corrected chi connectivity index (χ3v) is 11.5. The fraction of sp³-hybridized carbons (Fsp3) is 0.444. The molecule has 0 radical (unpaired) electrons. The number of pyridine rings is 1. The number of aromatic nitrogens is 1. The average Bonchev–Trinajstić information content (AvgIpc) is 3.99. The molecule has 3 N–H and O–H groups in total. The highest BCUT2D eigenvalue weighted by Crippen LogP contribution is 2.41. The van der Waals surface area contributed by atoms with Crippen molar-refractivity contribution in [2.45, 2.75) is 81.6 Å². The average molecular weight is 691 g/mol. The second-order valence-electron chi connectivity index (χ2n) is 13.4. The lowest BCUT2D eigenvalue weighted by atomic mass is 10.1. The predicted octanol–water partition coefficient (Wildman–Crippen LogP) is 5.25. The monoisotopic (exact) mass is 690 g/mol. The highest BCUT2D eigenvalue weighted by atomic mass is 32.2. The van der Waals surface area contributed by atoms with Gasteiger partial charge in [0.25, 0.3) is 0 Å². The molecule has 258 valence electrons. The molecule has 4 atom stereocenters. The normalized spacial score (nSPS) is 22.3. The number of hydrogen-bond donors (Lipinski definition) is 2. The summed E-state index contributed by atoms with van der Waals surface area (Å²) in [6.07, 6.45) is 10.0. The van der Waals surface area contributed by atoms with Gasteiger partial charge in [-0.05, 0) is 74.8 Å². The van der Waals surface area contributed by atoms with Crippen LogP contribution >= 0.6 is 0 Å². The number of para-hydroxylation sites is 1. The zero-order chi connectivity index (χ0) is 34.3. The molecular formula is C36H39FN4O7S. The van der Waals surface area contributed by atoms with Gasteiger partial charge in [0.2, 0.25) is 27.7 Å². The number of furan rings is 1. The van der Waals surface area contributed by atoms with E-state index in [9.17, 15) is 27.2 Å². The Morgan fingerprint density at radius 2 is 1.86 bits per heavy atom. The third kappa shape index (κ3) is 7.12. The van der Waals surface area contributed by atoms with Crippen molar-refractivity contribution in [2.75, 3.05) is 6.54 Å². The van der Waals surface area contributed by atoms with E-state index in [2.05, 4.69) is 4.72 Å². The predicted molar refractivity (Wildman–Crippen MR) is 181 cm³/mol. The molecular weight excluding hydrogens is 651 g/mol. The van der Waals surface area contributed by atoms with Crippen molar-refractivity contribution < 1.29 is 36.3 Å². The minimum absolute atomic E-state index is 0.0849. The Balaban J connectivity index is 0.904. The number of nitrogens with two attached hydrogens (primary N) is 1. The van der Waals surface area contributed by atoms with Crippen molar-refractivity contribution in [3.05, 3.63) is 60.4 Å². The van der Waals surface area contributed by atoms with Crippen LogP contribution in [0.5, 0.6) is 5.75 Å². The number of amides is 3. The van der Waals surface area contributed by atoms with Crippen LogP contribution in [0.15, 0.2) is 59.0 Å². The van der Waals surface area contributed by atoms with Crippen molar-refractivity contribution in [2.24, 2.45) is 17.6 Å². The minimum Gasteiger partial charge on any atom is -0.484 e. The van der Waals surface area contributed by atoms with Gasteiger partial charge in [-0.25, -0.2) is 17.8 Å². The number of halogens is 1. The largest absolute Gasteiger partial charge is 0.484 e. The standard InChI is InChI=1S/C36H39FN4O7S/c37-22-13-16-28-27(18-22)33(34-32(39-28)25-10-7-8-11-30(25)48-34)47-23-19-29(35(38)43)41(20-23)31(42)12-6-4-2-1-3-5-9-21-17-26(21)36(44)40-49(45,46)24-14-15-24/h5,7-11,13,16,18,21,23-24,26,29H,1-4,6,12,14-15,17,19-20H2,(H2,38,43)(H,40,44)/b9-5-/t21-,23-,26+,29+/m1/s1. The number of carbonyl (C=O) groups is 3. The zero-order valence-corrected chi connectivity index (χ0v) is 27.8. The second kappa shape index (κ2) is 13.4. The molecule has 0 spiro atoms. The lowest BCUT2D eigenvalue weighted by Gasteiger charge is -2.22. The van der Waals surface area contributed by atoms with Crippen LogP contribution < -0.4 is 15.2 Å². The number of hydrogen-bond acceptors (Lipinski definition) is 8. The summed E-state index contributed by atoms with van der Waals surface area (Å²) < 4.78 is 53.1. The van der Waals surface area contributed by atoms with E-state index in [4.69, 9.17) is 19.9 Å². The number of ether oxygens (including phenoxy) is 1. The van der Waals surface area contributed by atoms with Crippen LogP contribution in [0.25, 0.3) is 33.0 Å². The van der Waals surface area contributed by atoms with Gasteiger partial charge in [0.1, 0.15) is 29.1 Å². The molecule has 3 amide bonds. The molecule has 1 saturated heterocycles. The van der Waals surface area contributed by atoms with Crippen molar-refractivity contribution >= 4 is 60.7 Å². The number of nitrogens with zero attached hydrogens (tertiary/aromatic N) is 2. The number of benzene rings is 2. The van der Waals surface area contributed by atoms with Gasteiger partial charge in [-0.15, -0.1) is 0 Å². The van der Waals surface area contributed by atoms with Crippen LogP contribution in [-0.4, -0.2) is 60.0 Å². The summed E-state index contributed by atoms with van der Waals surface area (Å²) in [5.41, 5.74) is 7.82. The summed E-state index contributed by atoms with van der Waals surface area (Å²) in [4.78, 5) is 44.1. The van der Waals surface area contributed by atoms with E-state index in [1.54, 1.807) is 6.07 Å². The highest BCUT2D eigenvalue weighted by Gasteiger charge is 2.45. The number of allylic oxidation sites excluding steroid dienone is 2. The van der Waals surface area contributed by atoms with Gasteiger partial charge in [0, 0.05) is 29.5 Å². The zero-order valence-electron chi connectivity index (χ0n) is 27.0. The van der Waals surface area contributed by atoms with E-state index in [0.717, 1.165) is 31.1 Å². The molecule has 11 nitrogen and oxygen atoms in total. The summed E-state index contributed by atoms with van der Waals surface area (Å²) in [7, 11) is -3.50. The van der Waals surface area contributed by atoms with Gasteiger partial charge in [-0.3, -0.25) is 19.1 Å². The highest BCUT2D eigenvalue weighted by molar-refractivity contribution is 7.90. The maximum Gasteiger partial charge on any atom is 0.240 e. The number of sulfonamides is 1. The molecule has 0 bridgehead atoms. The van der Waals surface area contributed by atoms with Crippen molar-refractivity contribution in [3.63, 3.8) is 0 Å². The SMILES string of the molecule is NC(=O)[C@@H]1C[C@@H](Oc2c3cc(F)ccc3nc3c2oc2ccccc23)CN1C(=O)CCCCCC/C=C\[C@@H]1C[C@@H]1C(=O)NS(=O)(=O)C1CC1. The van der Waals surface area contributed by atoms with Gasteiger partial charge >= 0.3 is 0 Å². The Hall–Kier alpha value is -4.52. The van der Waals surface area contributed by atoms with E-state index >= 15 is 0 Å². The van der Waals surface area contributed by atoms with Gasteiger partial charge in [0.05, 0.1) is 17.3 Å². The van der Waals surface area contributed by atoms with Crippen LogP contribution in [0.1, 0.15) is 64.2 Å². The molecule has 49 heavy (non-hydrogen) atoms. The molecule has 2 saturated carbocycles. The third-order valence-electron chi connectivity index (χ3n) is 9.68. The van der Waals surface area contributed by atoms with Crippen molar-refractivity contribution in [1.82, 2.24) is 14.6 Å². The first kappa shape index (κ1) is 33.0. The molecule has 2 aromatic heterocycles. The molecule has 1 aliphatic heterocycles. The first-order valence-electron chi connectivity index (χ1n) is 17.0. The molecule has 2 aliphatic carbocycles.